The van der Waals surface area contributed by atoms with E-state index in [0.717, 1.165) is 16.3 Å². The molecule has 8 nitrogen and oxygen atoms in total. The van der Waals surface area contributed by atoms with Gasteiger partial charge in [0.1, 0.15) is 18.0 Å². The van der Waals surface area contributed by atoms with Crippen LogP contribution in [0.3, 0.4) is 0 Å². The van der Waals surface area contributed by atoms with Gasteiger partial charge in [-0.2, -0.15) is 0 Å². The fraction of sp³-hybridized carbons (Fsp3) is 0.211. The molecule has 2 N–H and O–H groups in total. The number of rotatable bonds is 5. The molecular formula is C19H20N4O4. The van der Waals surface area contributed by atoms with Crippen molar-refractivity contribution in [3.8, 4) is 5.75 Å². The SMILES string of the molecule is COc1ccc(NC(=O)CN2C(=O)N/C(=C\c3ccc(C)n3C)C2=O)cc1. The summed E-state index contributed by atoms with van der Waals surface area (Å²) in [4.78, 5) is 37.6. The summed E-state index contributed by atoms with van der Waals surface area (Å²) < 4.78 is 6.95. The van der Waals surface area contributed by atoms with Gasteiger partial charge in [-0.15, -0.1) is 0 Å². The maximum absolute atomic E-state index is 12.5. The van der Waals surface area contributed by atoms with Crippen LogP contribution in [0.1, 0.15) is 11.4 Å². The van der Waals surface area contributed by atoms with Gasteiger partial charge in [-0.05, 0) is 49.4 Å². The monoisotopic (exact) mass is 368 g/mol. The van der Waals surface area contributed by atoms with Gasteiger partial charge < -0.3 is 19.9 Å². The van der Waals surface area contributed by atoms with Crippen molar-refractivity contribution < 1.29 is 19.1 Å². The highest BCUT2D eigenvalue weighted by atomic mass is 16.5. The van der Waals surface area contributed by atoms with E-state index in [1.54, 1.807) is 37.5 Å². The van der Waals surface area contributed by atoms with Crippen molar-refractivity contribution in [2.75, 3.05) is 19.0 Å². The van der Waals surface area contributed by atoms with Crippen LogP contribution in [0.5, 0.6) is 5.75 Å². The molecule has 1 aliphatic rings. The zero-order valence-corrected chi connectivity index (χ0v) is 15.3. The van der Waals surface area contributed by atoms with Gasteiger partial charge in [0.2, 0.25) is 5.91 Å². The molecule has 0 saturated carbocycles. The molecule has 8 heteroatoms. The van der Waals surface area contributed by atoms with Gasteiger partial charge in [0.05, 0.1) is 7.11 Å². The van der Waals surface area contributed by atoms with Crippen molar-refractivity contribution in [1.29, 1.82) is 0 Å². The van der Waals surface area contributed by atoms with Crippen LogP contribution in [0.25, 0.3) is 6.08 Å². The smallest absolute Gasteiger partial charge is 0.329 e. The topological polar surface area (TPSA) is 92.7 Å². The minimum Gasteiger partial charge on any atom is -0.497 e. The summed E-state index contributed by atoms with van der Waals surface area (Å²) in [5.74, 6) is -0.351. The van der Waals surface area contributed by atoms with Crippen molar-refractivity contribution in [2.45, 2.75) is 6.92 Å². The van der Waals surface area contributed by atoms with E-state index in [0.29, 0.717) is 11.4 Å². The lowest BCUT2D eigenvalue weighted by Crippen LogP contribution is -2.38. The van der Waals surface area contributed by atoms with E-state index in [1.807, 2.05) is 30.7 Å². The number of benzene rings is 1. The number of amides is 4. The van der Waals surface area contributed by atoms with Gasteiger partial charge in [-0.25, -0.2) is 9.69 Å². The zero-order valence-electron chi connectivity index (χ0n) is 15.3. The number of carbonyl (C=O) groups is 3. The van der Waals surface area contributed by atoms with Crippen molar-refractivity contribution in [3.63, 3.8) is 0 Å². The molecule has 0 unspecified atom stereocenters. The average Bonchev–Trinajstić information content (AvgIpc) is 3.10. The van der Waals surface area contributed by atoms with Gasteiger partial charge in [0.25, 0.3) is 5.91 Å². The van der Waals surface area contributed by atoms with Gasteiger partial charge >= 0.3 is 6.03 Å². The highest BCUT2D eigenvalue weighted by Gasteiger charge is 2.35. The summed E-state index contributed by atoms with van der Waals surface area (Å²) in [7, 11) is 3.41. The molecule has 2 aromatic rings. The second kappa shape index (κ2) is 7.36. The molecule has 140 valence electrons. The van der Waals surface area contributed by atoms with E-state index in [4.69, 9.17) is 4.74 Å². The molecular weight excluding hydrogens is 348 g/mol. The summed E-state index contributed by atoms with van der Waals surface area (Å²) in [6.07, 6.45) is 1.59. The van der Waals surface area contributed by atoms with E-state index in [9.17, 15) is 14.4 Å². The highest BCUT2D eigenvalue weighted by Crippen LogP contribution is 2.17. The molecule has 0 bridgehead atoms. The lowest BCUT2D eigenvalue weighted by Gasteiger charge is -2.12. The van der Waals surface area contributed by atoms with Crippen LogP contribution in [0.4, 0.5) is 10.5 Å². The lowest BCUT2D eigenvalue weighted by molar-refractivity contribution is -0.127. The van der Waals surface area contributed by atoms with Gasteiger partial charge in [-0.3, -0.25) is 9.59 Å². The second-order valence-corrected chi connectivity index (χ2v) is 6.11. The summed E-state index contributed by atoms with van der Waals surface area (Å²) in [6, 6.07) is 9.88. The van der Waals surface area contributed by atoms with Crippen LogP contribution in [0.2, 0.25) is 0 Å². The predicted octanol–water partition coefficient (Wildman–Crippen LogP) is 1.87. The molecule has 1 saturated heterocycles. The number of nitrogens with zero attached hydrogens (tertiary/aromatic N) is 2. The average molecular weight is 368 g/mol. The number of nitrogens with one attached hydrogen (secondary N) is 2. The summed E-state index contributed by atoms with van der Waals surface area (Å²) in [5, 5.41) is 5.16. The van der Waals surface area contributed by atoms with Crippen molar-refractivity contribution >= 4 is 29.6 Å². The fourth-order valence-corrected chi connectivity index (χ4v) is 2.66. The fourth-order valence-electron chi connectivity index (χ4n) is 2.66. The Morgan fingerprint density at radius 1 is 1.19 bits per heavy atom. The summed E-state index contributed by atoms with van der Waals surface area (Å²) >= 11 is 0. The van der Waals surface area contributed by atoms with Gasteiger partial charge in [-0.1, -0.05) is 0 Å². The van der Waals surface area contributed by atoms with Crippen LogP contribution in [-0.4, -0.2) is 41.0 Å². The zero-order chi connectivity index (χ0) is 19.6. The number of aromatic nitrogens is 1. The maximum Gasteiger partial charge on any atom is 0.329 e. The van der Waals surface area contributed by atoms with Gasteiger partial charge in [0, 0.05) is 24.1 Å². The van der Waals surface area contributed by atoms with Crippen molar-refractivity contribution in [1.82, 2.24) is 14.8 Å². The number of hydrogen-bond acceptors (Lipinski definition) is 4. The number of anilines is 1. The standard InChI is InChI=1S/C19H20N4O4/c1-12-4-7-14(22(12)2)10-16-18(25)23(19(26)21-16)11-17(24)20-13-5-8-15(27-3)9-6-13/h4-10H,11H2,1-3H3,(H,20,24)(H,21,26)/b16-10-. The minimum atomic E-state index is -0.623. The van der Waals surface area contributed by atoms with E-state index in [2.05, 4.69) is 10.6 Å². The van der Waals surface area contributed by atoms with Crippen LogP contribution >= 0.6 is 0 Å². The number of carbonyl (C=O) groups excluding carboxylic acids is 3. The first kappa shape index (κ1) is 18.2. The Morgan fingerprint density at radius 2 is 1.89 bits per heavy atom. The minimum absolute atomic E-state index is 0.137. The van der Waals surface area contributed by atoms with Gasteiger partial charge in [0.15, 0.2) is 0 Å². The summed E-state index contributed by atoms with van der Waals surface area (Å²) in [6.45, 7) is 1.56. The molecule has 0 aliphatic carbocycles. The Labute approximate surface area is 156 Å². The predicted molar refractivity (Wildman–Crippen MR) is 100.0 cm³/mol. The van der Waals surface area contributed by atoms with Crippen LogP contribution in [-0.2, 0) is 16.6 Å². The molecule has 3 rings (SSSR count). The third kappa shape index (κ3) is 3.84. The second-order valence-electron chi connectivity index (χ2n) is 6.11. The normalized spacial score (nSPS) is 15.2. The first-order valence-electron chi connectivity index (χ1n) is 8.30. The Balaban J connectivity index is 1.67. The molecule has 1 fully saturated rings. The lowest BCUT2D eigenvalue weighted by atomic mass is 10.3. The maximum atomic E-state index is 12.5. The molecule has 0 radical (unpaired) electrons. The molecule has 0 spiro atoms. The third-order valence-corrected chi connectivity index (χ3v) is 4.34. The van der Waals surface area contributed by atoms with E-state index in [-0.39, 0.29) is 12.2 Å². The highest BCUT2D eigenvalue weighted by molar-refractivity contribution is 6.15. The number of methoxy groups -OCH3 is 1. The van der Waals surface area contributed by atoms with Crippen LogP contribution < -0.4 is 15.4 Å². The number of imide groups is 1. The first-order chi connectivity index (χ1) is 12.9. The van der Waals surface area contributed by atoms with Crippen LogP contribution in [0, 0.1) is 6.92 Å². The Bertz CT molecular complexity index is 928. The quantitative estimate of drug-likeness (QED) is 0.622. The molecule has 27 heavy (non-hydrogen) atoms. The Kier molecular flexibility index (Phi) is 4.98. The molecule has 4 amide bonds. The van der Waals surface area contributed by atoms with E-state index < -0.39 is 17.8 Å². The van der Waals surface area contributed by atoms with Crippen molar-refractivity contribution in [2.24, 2.45) is 7.05 Å². The number of hydrogen-bond donors (Lipinski definition) is 2. The largest absolute Gasteiger partial charge is 0.497 e. The molecule has 1 aromatic heterocycles. The van der Waals surface area contributed by atoms with E-state index in [1.165, 1.54) is 0 Å². The number of urea groups is 1. The molecule has 0 atom stereocenters. The third-order valence-electron chi connectivity index (χ3n) is 4.34. The molecule has 1 aromatic carbocycles. The summed E-state index contributed by atoms with van der Waals surface area (Å²) in [5.41, 5.74) is 2.48. The molecule has 2 heterocycles. The Morgan fingerprint density at radius 3 is 2.48 bits per heavy atom. The van der Waals surface area contributed by atoms with Crippen LogP contribution in [0.15, 0.2) is 42.1 Å². The molecule has 1 aliphatic heterocycles. The Hall–Kier alpha value is -3.55. The first-order valence-corrected chi connectivity index (χ1v) is 8.30. The van der Waals surface area contributed by atoms with E-state index >= 15 is 0 Å². The van der Waals surface area contributed by atoms with Crippen molar-refractivity contribution in [3.05, 3.63) is 53.5 Å². The number of aryl methyl sites for hydroxylation is 1. The number of ether oxygens (including phenoxy) is 1.